The molecule has 1 saturated heterocycles. The standard InChI is InChI=1S/C8H12N4O2/c13-8(14)7-10-6(11-12-7)5-1-3-9-4-2-5/h5,9H,1-4H2,(H,13,14)(H,10,11,12). The van der Waals surface area contributed by atoms with Gasteiger partial charge >= 0.3 is 5.97 Å². The Hall–Kier alpha value is -1.43. The number of aromatic amines is 1. The third-order valence-electron chi connectivity index (χ3n) is 2.42. The molecule has 1 aliphatic heterocycles. The Kier molecular flexibility index (Phi) is 2.45. The Morgan fingerprint density at radius 3 is 2.71 bits per heavy atom. The van der Waals surface area contributed by atoms with Crippen molar-refractivity contribution in [1.29, 1.82) is 0 Å². The Morgan fingerprint density at radius 2 is 2.14 bits per heavy atom. The first-order chi connectivity index (χ1) is 6.77. The van der Waals surface area contributed by atoms with Crippen LogP contribution in [-0.2, 0) is 0 Å². The SMILES string of the molecule is O=C(O)c1n[nH]c(C2CCNCC2)n1. The van der Waals surface area contributed by atoms with Crippen molar-refractivity contribution in [2.45, 2.75) is 18.8 Å². The van der Waals surface area contributed by atoms with Crippen molar-refractivity contribution in [1.82, 2.24) is 20.5 Å². The summed E-state index contributed by atoms with van der Waals surface area (Å²) < 4.78 is 0. The molecule has 0 unspecified atom stereocenters. The highest BCUT2D eigenvalue weighted by molar-refractivity contribution is 5.82. The minimum Gasteiger partial charge on any atom is -0.475 e. The highest BCUT2D eigenvalue weighted by atomic mass is 16.4. The van der Waals surface area contributed by atoms with Crippen LogP contribution in [0.5, 0.6) is 0 Å². The minimum atomic E-state index is -1.08. The molecule has 1 fully saturated rings. The molecule has 0 aromatic carbocycles. The molecule has 1 aliphatic rings. The molecule has 0 aliphatic carbocycles. The molecule has 2 rings (SSSR count). The maximum atomic E-state index is 10.5. The summed E-state index contributed by atoms with van der Waals surface area (Å²) in [4.78, 5) is 14.5. The number of rotatable bonds is 2. The summed E-state index contributed by atoms with van der Waals surface area (Å²) in [6, 6.07) is 0. The molecule has 0 radical (unpaired) electrons. The fourth-order valence-electron chi connectivity index (χ4n) is 1.65. The molecule has 76 valence electrons. The molecule has 3 N–H and O–H groups in total. The molecule has 0 atom stereocenters. The van der Waals surface area contributed by atoms with Gasteiger partial charge < -0.3 is 10.4 Å². The molecule has 1 aromatic heterocycles. The molecule has 2 heterocycles. The molecular formula is C8H12N4O2. The van der Waals surface area contributed by atoms with Crippen LogP contribution in [0.15, 0.2) is 0 Å². The monoisotopic (exact) mass is 196 g/mol. The van der Waals surface area contributed by atoms with E-state index in [1.807, 2.05) is 0 Å². The fraction of sp³-hybridized carbons (Fsp3) is 0.625. The van der Waals surface area contributed by atoms with Gasteiger partial charge in [0.05, 0.1) is 0 Å². The largest absolute Gasteiger partial charge is 0.475 e. The van der Waals surface area contributed by atoms with E-state index in [1.54, 1.807) is 0 Å². The van der Waals surface area contributed by atoms with E-state index in [9.17, 15) is 4.79 Å². The average Bonchev–Trinajstić information content (AvgIpc) is 2.68. The maximum Gasteiger partial charge on any atom is 0.375 e. The molecule has 0 saturated carbocycles. The number of aromatic nitrogens is 3. The number of piperidine rings is 1. The number of hydrogen-bond donors (Lipinski definition) is 3. The first kappa shape index (κ1) is 9.14. The Balaban J connectivity index is 2.11. The summed E-state index contributed by atoms with van der Waals surface area (Å²) in [5.74, 6) is -0.208. The predicted octanol–water partition coefficient (Wildman–Crippen LogP) is -0.0301. The van der Waals surface area contributed by atoms with Gasteiger partial charge in [-0.15, -0.1) is 5.10 Å². The summed E-state index contributed by atoms with van der Waals surface area (Å²) in [5.41, 5.74) is 0. The van der Waals surface area contributed by atoms with Crippen LogP contribution in [-0.4, -0.2) is 39.3 Å². The zero-order chi connectivity index (χ0) is 9.97. The van der Waals surface area contributed by atoms with Crippen LogP contribution in [0.4, 0.5) is 0 Å². The fourth-order valence-corrected chi connectivity index (χ4v) is 1.65. The van der Waals surface area contributed by atoms with Gasteiger partial charge in [0.1, 0.15) is 5.82 Å². The van der Waals surface area contributed by atoms with E-state index >= 15 is 0 Å². The van der Waals surface area contributed by atoms with Crippen LogP contribution >= 0.6 is 0 Å². The van der Waals surface area contributed by atoms with Gasteiger partial charge in [-0.3, -0.25) is 5.10 Å². The molecule has 14 heavy (non-hydrogen) atoms. The van der Waals surface area contributed by atoms with E-state index in [4.69, 9.17) is 5.11 Å². The van der Waals surface area contributed by atoms with Crippen molar-refractivity contribution in [3.63, 3.8) is 0 Å². The first-order valence-corrected chi connectivity index (χ1v) is 4.63. The van der Waals surface area contributed by atoms with E-state index in [0.717, 1.165) is 25.9 Å². The second-order valence-corrected chi connectivity index (χ2v) is 3.37. The summed E-state index contributed by atoms with van der Waals surface area (Å²) in [6.45, 7) is 1.90. The Morgan fingerprint density at radius 1 is 1.43 bits per heavy atom. The summed E-state index contributed by atoms with van der Waals surface area (Å²) in [6.07, 6.45) is 1.96. The lowest BCUT2D eigenvalue weighted by Gasteiger charge is -2.19. The zero-order valence-electron chi connectivity index (χ0n) is 7.66. The molecule has 0 spiro atoms. The van der Waals surface area contributed by atoms with Crippen LogP contribution in [0.2, 0.25) is 0 Å². The third-order valence-corrected chi connectivity index (χ3v) is 2.42. The van der Waals surface area contributed by atoms with Crippen molar-refractivity contribution in [2.24, 2.45) is 0 Å². The number of H-pyrrole nitrogens is 1. The summed E-state index contributed by atoms with van der Waals surface area (Å²) in [5, 5.41) is 18.2. The summed E-state index contributed by atoms with van der Waals surface area (Å²) in [7, 11) is 0. The van der Waals surface area contributed by atoms with Crippen LogP contribution in [0, 0.1) is 0 Å². The van der Waals surface area contributed by atoms with Crippen LogP contribution < -0.4 is 5.32 Å². The lowest BCUT2D eigenvalue weighted by atomic mass is 9.98. The number of carboxylic acids is 1. The van der Waals surface area contributed by atoms with E-state index in [1.165, 1.54) is 0 Å². The van der Waals surface area contributed by atoms with Gasteiger partial charge in [0.2, 0.25) is 0 Å². The van der Waals surface area contributed by atoms with Crippen molar-refractivity contribution in [3.8, 4) is 0 Å². The smallest absolute Gasteiger partial charge is 0.375 e. The molecule has 0 amide bonds. The van der Waals surface area contributed by atoms with Gasteiger partial charge in [0, 0.05) is 5.92 Å². The van der Waals surface area contributed by atoms with Crippen LogP contribution in [0.3, 0.4) is 0 Å². The van der Waals surface area contributed by atoms with Crippen LogP contribution in [0.1, 0.15) is 35.2 Å². The first-order valence-electron chi connectivity index (χ1n) is 4.63. The minimum absolute atomic E-state index is 0.140. The summed E-state index contributed by atoms with van der Waals surface area (Å²) >= 11 is 0. The third kappa shape index (κ3) is 1.74. The van der Waals surface area contributed by atoms with Crippen molar-refractivity contribution < 1.29 is 9.90 Å². The lowest BCUT2D eigenvalue weighted by Crippen LogP contribution is -2.27. The number of aromatic carboxylic acids is 1. The highest BCUT2D eigenvalue weighted by Gasteiger charge is 2.20. The van der Waals surface area contributed by atoms with E-state index in [-0.39, 0.29) is 5.82 Å². The van der Waals surface area contributed by atoms with Crippen molar-refractivity contribution in [2.75, 3.05) is 13.1 Å². The maximum absolute atomic E-state index is 10.5. The van der Waals surface area contributed by atoms with Gasteiger partial charge in [0.25, 0.3) is 5.82 Å². The van der Waals surface area contributed by atoms with Gasteiger partial charge in [0.15, 0.2) is 0 Å². The van der Waals surface area contributed by atoms with Gasteiger partial charge in [-0.1, -0.05) is 0 Å². The normalized spacial score (nSPS) is 18.3. The average molecular weight is 196 g/mol. The second kappa shape index (κ2) is 3.75. The number of carbonyl (C=O) groups is 1. The number of hydrogen-bond acceptors (Lipinski definition) is 4. The van der Waals surface area contributed by atoms with Crippen molar-refractivity contribution in [3.05, 3.63) is 11.6 Å². The second-order valence-electron chi connectivity index (χ2n) is 3.37. The van der Waals surface area contributed by atoms with Gasteiger partial charge in [-0.05, 0) is 25.9 Å². The molecule has 1 aromatic rings. The number of nitrogens with zero attached hydrogens (tertiary/aromatic N) is 2. The molecule has 6 heteroatoms. The van der Waals surface area contributed by atoms with E-state index in [0.29, 0.717) is 11.7 Å². The van der Waals surface area contributed by atoms with Gasteiger partial charge in [-0.2, -0.15) is 0 Å². The molecule has 6 nitrogen and oxygen atoms in total. The van der Waals surface area contributed by atoms with E-state index < -0.39 is 5.97 Å². The Labute approximate surface area is 80.7 Å². The lowest BCUT2D eigenvalue weighted by molar-refractivity contribution is 0.0684. The molecule has 0 bridgehead atoms. The zero-order valence-corrected chi connectivity index (χ0v) is 7.66. The topological polar surface area (TPSA) is 90.9 Å². The number of carboxylic acid groups (broad SMARTS) is 1. The van der Waals surface area contributed by atoms with E-state index in [2.05, 4.69) is 20.5 Å². The highest BCUT2D eigenvalue weighted by Crippen LogP contribution is 2.21. The predicted molar refractivity (Wildman–Crippen MR) is 48.2 cm³/mol. The Bertz CT molecular complexity index is 330. The quantitative estimate of drug-likeness (QED) is 0.618. The van der Waals surface area contributed by atoms with Crippen molar-refractivity contribution >= 4 is 5.97 Å². The van der Waals surface area contributed by atoms with Crippen LogP contribution in [0.25, 0.3) is 0 Å². The number of nitrogens with one attached hydrogen (secondary N) is 2. The van der Waals surface area contributed by atoms with Gasteiger partial charge in [-0.25, -0.2) is 9.78 Å². The molecular weight excluding hydrogens is 184 g/mol.